The molecule has 2 aliphatic heterocycles. The highest BCUT2D eigenvalue weighted by Gasteiger charge is 2.35. The van der Waals surface area contributed by atoms with Gasteiger partial charge >= 0.3 is 0 Å². The Morgan fingerprint density at radius 1 is 1.13 bits per heavy atom. The smallest absolute Gasteiger partial charge is 0.243 e. The standard InChI is InChI=1S/C23H28N2O5S/c1-3-29-21-9-8-19(16-17(21)2)31(27,28)24-12-10-18(11-13-24)23(26)25-14-15-30-22-7-5-4-6-20(22)25/h4-9,16,18H,3,10-15H2,1-2H3. The van der Waals surface area contributed by atoms with Gasteiger partial charge < -0.3 is 14.4 Å². The van der Waals surface area contributed by atoms with Gasteiger partial charge in [0.25, 0.3) is 0 Å². The van der Waals surface area contributed by atoms with Gasteiger partial charge in [0, 0.05) is 19.0 Å². The molecule has 0 radical (unpaired) electrons. The number of rotatable bonds is 5. The monoisotopic (exact) mass is 444 g/mol. The first kappa shape index (κ1) is 21.6. The van der Waals surface area contributed by atoms with E-state index in [0.717, 1.165) is 11.3 Å². The molecule has 1 amide bonds. The Labute approximate surface area is 183 Å². The van der Waals surface area contributed by atoms with E-state index >= 15 is 0 Å². The third-order valence-corrected chi connectivity index (χ3v) is 7.78. The summed E-state index contributed by atoms with van der Waals surface area (Å²) in [5.74, 6) is 1.26. The first-order chi connectivity index (χ1) is 14.9. The van der Waals surface area contributed by atoms with E-state index in [4.69, 9.17) is 9.47 Å². The van der Waals surface area contributed by atoms with Crippen molar-refractivity contribution in [3.05, 3.63) is 48.0 Å². The van der Waals surface area contributed by atoms with Crippen LogP contribution in [0.5, 0.6) is 11.5 Å². The SMILES string of the molecule is CCOc1ccc(S(=O)(=O)N2CCC(C(=O)N3CCOc4ccccc43)CC2)cc1C. The summed E-state index contributed by atoms with van der Waals surface area (Å²) in [6, 6.07) is 12.5. The first-order valence-electron chi connectivity index (χ1n) is 10.7. The van der Waals surface area contributed by atoms with Gasteiger partial charge in [-0.2, -0.15) is 4.31 Å². The van der Waals surface area contributed by atoms with Crippen LogP contribution in [0.1, 0.15) is 25.3 Å². The van der Waals surface area contributed by atoms with E-state index in [-0.39, 0.29) is 16.7 Å². The number of carbonyl (C=O) groups excluding carboxylic acids is 1. The van der Waals surface area contributed by atoms with Crippen molar-refractivity contribution in [1.82, 2.24) is 4.31 Å². The number of piperidine rings is 1. The topological polar surface area (TPSA) is 76.2 Å². The molecule has 7 nitrogen and oxygen atoms in total. The second kappa shape index (κ2) is 8.88. The number of sulfonamides is 1. The van der Waals surface area contributed by atoms with E-state index in [1.165, 1.54) is 4.31 Å². The Morgan fingerprint density at radius 2 is 1.87 bits per heavy atom. The fourth-order valence-corrected chi connectivity index (χ4v) is 5.77. The number of carbonyl (C=O) groups is 1. The van der Waals surface area contributed by atoms with E-state index < -0.39 is 10.0 Å². The van der Waals surface area contributed by atoms with Crippen molar-refractivity contribution in [2.75, 3.05) is 37.7 Å². The number of para-hydroxylation sites is 2. The number of aryl methyl sites for hydroxylation is 1. The van der Waals surface area contributed by atoms with Gasteiger partial charge in [-0.3, -0.25) is 4.79 Å². The lowest BCUT2D eigenvalue weighted by atomic mass is 9.96. The highest BCUT2D eigenvalue weighted by molar-refractivity contribution is 7.89. The summed E-state index contributed by atoms with van der Waals surface area (Å²) in [4.78, 5) is 15.2. The summed E-state index contributed by atoms with van der Waals surface area (Å²) >= 11 is 0. The Hall–Kier alpha value is -2.58. The van der Waals surface area contributed by atoms with Crippen molar-refractivity contribution < 1.29 is 22.7 Å². The number of anilines is 1. The summed E-state index contributed by atoms with van der Waals surface area (Å²) in [6.07, 6.45) is 1.02. The minimum atomic E-state index is -3.61. The third kappa shape index (κ3) is 4.27. The van der Waals surface area contributed by atoms with Crippen LogP contribution in [0.3, 0.4) is 0 Å². The maximum Gasteiger partial charge on any atom is 0.243 e. The molecule has 0 N–H and O–H groups in total. The minimum absolute atomic E-state index is 0.0460. The fraction of sp³-hybridized carbons (Fsp3) is 0.435. The second-order valence-electron chi connectivity index (χ2n) is 7.84. The van der Waals surface area contributed by atoms with Gasteiger partial charge in [-0.1, -0.05) is 12.1 Å². The van der Waals surface area contributed by atoms with E-state index in [1.54, 1.807) is 23.1 Å². The molecular formula is C23H28N2O5S. The molecule has 4 rings (SSSR count). The number of fused-ring (bicyclic) bond motifs is 1. The zero-order valence-electron chi connectivity index (χ0n) is 17.9. The van der Waals surface area contributed by atoms with Crippen LogP contribution in [0, 0.1) is 12.8 Å². The summed E-state index contributed by atoms with van der Waals surface area (Å²) in [7, 11) is -3.61. The van der Waals surface area contributed by atoms with E-state index in [9.17, 15) is 13.2 Å². The van der Waals surface area contributed by atoms with Gasteiger partial charge in [-0.15, -0.1) is 0 Å². The molecule has 2 aliphatic rings. The number of hydrogen-bond donors (Lipinski definition) is 0. The Balaban J connectivity index is 1.44. The van der Waals surface area contributed by atoms with E-state index in [1.807, 2.05) is 38.1 Å². The molecule has 0 aromatic heterocycles. The largest absolute Gasteiger partial charge is 0.494 e. The lowest BCUT2D eigenvalue weighted by molar-refractivity contribution is -0.123. The van der Waals surface area contributed by atoms with Gasteiger partial charge in [0.05, 0.1) is 23.7 Å². The van der Waals surface area contributed by atoms with Gasteiger partial charge in [0.2, 0.25) is 15.9 Å². The minimum Gasteiger partial charge on any atom is -0.494 e. The summed E-state index contributed by atoms with van der Waals surface area (Å²) < 4.78 is 38.9. The van der Waals surface area contributed by atoms with Crippen LogP contribution in [-0.4, -0.2) is 51.5 Å². The number of hydrogen-bond acceptors (Lipinski definition) is 5. The van der Waals surface area contributed by atoms with Crippen LogP contribution in [0.4, 0.5) is 5.69 Å². The van der Waals surface area contributed by atoms with Gasteiger partial charge in [-0.25, -0.2) is 8.42 Å². The summed E-state index contributed by atoms with van der Waals surface area (Å²) in [5, 5.41) is 0. The van der Waals surface area contributed by atoms with Crippen molar-refractivity contribution in [1.29, 1.82) is 0 Å². The maximum absolute atomic E-state index is 13.2. The van der Waals surface area contributed by atoms with Crippen molar-refractivity contribution in [3.8, 4) is 11.5 Å². The van der Waals surface area contributed by atoms with Gasteiger partial charge in [0.1, 0.15) is 18.1 Å². The molecule has 1 saturated heterocycles. The molecule has 0 atom stereocenters. The van der Waals surface area contributed by atoms with Gasteiger partial charge in [0.15, 0.2) is 0 Å². The predicted octanol–water partition coefficient (Wildman–Crippen LogP) is 3.22. The first-order valence-corrected chi connectivity index (χ1v) is 12.1. The van der Waals surface area contributed by atoms with Crippen molar-refractivity contribution in [3.63, 3.8) is 0 Å². The summed E-state index contributed by atoms with van der Waals surface area (Å²) in [6.45, 7) is 5.91. The fourth-order valence-electron chi connectivity index (χ4n) is 4.21. The third-order valence-electron chi connectivity index (χ3n) is 5.88. The molecule has 0 spiro atoms. The molecule has 0 aliphatic carbocycles. The number of nitrogens with zero attached hydrogens (tertiary/aromatic N) is 2. The molecule has 0 bridgehead atoms. The quantitative estimate of drug-likeness (QED) is 0.708. The highest BCUT2D eigenvalue weighted by atomic mass is 32.2. The lowest BCUT2D eigenvalue weighted by Gasteiger charge is -2.35. The number of benzene rings is 2. The zero-order valence-corrected chi connectivity index (χ0v) is 18.7. The van der Waals surface area contributed by atoms with Crippen LogP contribution >= 0.6 is 0 Å². The highest BCUT2D eigenvalue weighted by Crippen LogP contribution is 2.34. The van der Waals surface area contributed by atoms with Crippen LogP contribution in [-0.2, 0) is 14.8 Å². The number of ether oxygens (including phenoxy) is 2. The van der Waals surface area contributed by atoms with Crippen molar-refractivity contribution in [2.24, 2.45) is 5.92 Å². The Morgan fingerprint density at radius 3 is 2.58 bits per heavy atom. The molecule has 2 aromatic carbocycles. The van der Waals surface area contributed by atoms with Crippen LogP contribution in [0.2, 0.25) is 0 Å². The second-order valence-corrected chi connectivity index (χ2v) is 9.78. The maximum atomic E-state index is 13.2. The molecule has 2 aromatic rings. The van der Waals surface area contributed by atoms with E-state index in [0.29, 0.717) is 57.2 Å². The Bertz CT molecular complexity index is 1060. The molecule has 2 heterocycles. The average Bonchev–Trinajstić information content (AvgIpc) is 2.79. The molecular weight excluding hydrogens is 416 g/mol. The molecule has 31 heavy (non-hydrogen) atoms. The molecule has 166 valence electrons. The van der Waals surface area contributed by atoms with Crippen LogP contribution < -0.4 is 14.4 Å². The Kier molecular flexibility index (Phi) is 6.20. The molecule has 0 saturated carbocycles. The number of amides is 1. The lowest BCUT2D eigenvalue weighted by Crippen LogP contribution is -2.46. The van der Waals surface area contributed by atoms with Crippen molar-refractivity contribution >= 4 is 21.6 Å². The van der Waals surface area contributed by atoms with Crippen LogP contribution in [0.15, 0.2) is 47.4 Å². The molecule has 0 unspecified atom stereocenters. The predicted molar refractivity (Wildman–Crippen MR) is 118 cm³/mol. The molecule has 1 fully saturated rings. The molecule has 8 heteroatoms. The van der Waals surface area contributed by atoms with Crippen molar-refractivity contribution in [2.45, 2.75) is 31.6 Å². The van der Waals surface area contributed by atoms with E-state index in [2.05, 4.69) is 0 Å². The zero-order chi connectivity index (χ0) is 22.0. The van der Waals surface area contributed by atoms with Gasteiger partial charge in [-0.05, 0) is 62.6 Å². The van der Waals surface area contributed by atoms with Crippen LogP contribution in [0.25, 0.3) is 0 Å². The summed E-state index contributed by atoms with van der Waals surface area (Å²) in [5.41, 5.74) is 1.58. The average molecular weight is 445 g/mol. The normalized spacial score (nSPS) is 17.7.